The molecule has 4 saturated carbocycles. The third kappa shape index (κ3) is 1.93. The fourth-order valence-corrected chi connectivity index (χ4v) is 7.46. The molecule has 4 fully saturated rings. The van der Waals surface area contributed by atoms with E-state index in [1.165, 1.54) is 32.1 Å². The Morgan fingerprint density at radius 1 is 0.714 bits per heavy atom. The quantitative estimate of drug-likeness (QED) is 0.503. The van der Waals surface area contributed by atoms with Crippen molar-refractivity contribution in [3.8, 4) is 0 Å². The van der Waals surface area contributed by atoms with Crippen molar-refractivity contribution in [2.45, 2.75) is 97.8 Å². The van der Waals surface area contributed by atoms with Gasteiger partial charge in [-0.1, -0.05) is 52.9 Å². The van der Waals surface area contributed by atoms with Crippen molar-refractivity contribution in [3.63, 3.8) is 0 Å². The van der Waals surface area contributed by atoms with E-state index >= 15 is 0 Å². The summed E-state index contributed by atoms with van der Waals surface area (Å²) in [6, 6.07) is 0. The lowest BCUT2D eigenvalue weighted by molar-refractivity contribution is -0.107. The van der Waals surface area contributed by atoms with Crippen LogP contribution in [0.3, 0.4) is 0 Å². The normalized spacial score (nSPS) is 52.4. The van der Waals surface area contributed by atoms with Crippen molar-refractivity contribution >= 4 is 0 Å². The van der Waals surface area contributed by atoms with Gasteiger partial charge in [-0.3, -0.25) is 0 Å². The van der Waals surface area contributed by atoms with Gasteiger partial charge in [0.15, 0.2) is 0 Å². The summed E-state index contributed by atoms with van der Waals surface area (Å²) in [5.41, 5.74) is 2.22. The van der Waals surface area contributed by atoms with Gasteiger partial charge in [-0.05, 0) is 78.9 Å². The van der Waals surface area contributed by atoms with Crippen LogP contribution in [0.15, 0.2) is 0 Å². The van der Waals surface area contributed by atoms with Gasteiger partial charge in [-0.15, -0.1) is 0 Å². The first-order valence-corrected chi connectivity index (χ1v) is 10.0. The summed E-state index contributed by atoms with van der Waals surface area (Å²) in [6.07, 6.45) is 18.5. The molecule has 4 atom stereocenters. The van der Waals surface area contributed by atoms with Gasteiger partial charge in [0.25, 0.3) is 0 Å². The molecule has 4 rings (SSSR count). The lowest BCUT2D eigenvalue weighted by atomic mass is 9.45. The highest BCUT2D eigenvalue weighted by molar-refractivity contribution is 5.23. The van der Waals surface area contributed by atoms with E-state index in [0.29, 0.717) is 5.41 Å². The third-order valence-electron chi connectivity index (χ3n) is 8.78. The van der Waals surface area contributed by atoms with Crippen LogP contribution in [0.5, 0.6) is 0 Å². The molecule has 0 aromatic heterocycles. The van der Waals surface area contributed by atoms with E-state index in [0.717, 1.165) is 28.6 Å². The highest BCUT2D eigenvalue weighted by atomic mass is 14.8. The van der Waals surface area contributed by atoms with Crippen LogP contribution in [0.25, 0.3) is 0 Å². The summed E-state index contributed by atoms with van der Waals surface area (Å²) in [7, 11) is 0. The molecule has 4 aliphatic rings. The highest BCUT2D eigenvalue weighted by Crippen LogP contribution is 2.82. The van der Waals surface area contributed by atoms with Gasteiger partial charge in [0.1, 0.15) is 0 Å². The van der Waals surface area contributed by atoms with E-state index in [-0.39, 0.29) is 0 Å². The van der Waals surface area contributed by atoms with Crippen molar-refractivity contribution in [2.24, 2.45) is 34.0 Å². The summed E-state index contributed by atoms with van der Waals surface area (Å²) in [4.78, 5) is 0. The molecule has 0 N–H and O–H groups in total. The maximum absolute atomic E-state index is 2.74. The summed E-state index contributed by atoms with van der Waals surface area (Å²) < 4.78 is 0. The number of hydrogen-bond donors (Lipinski definition) is 0. The average molecular weight is 289 g/mol. The molecule has 0 amide bonds. The summed E-state index contributed by atoms with van der Waals surface area (Å²) in [5, 5.41) is 0. The molecule has 0 aromatic rings. The molecule has 0 aliphatic heterocycles. The highest BCUT2D eigenvalue weighted by Gasteiger charge is 2.74. The van der Waals surface area contributed by atoms with E-state index in [4.69, 9.17) is 0 Å². The molecule has 0 heterocycles. The van der Waals surface area contributed by atoms with Gasteiger partial charge in [0.2, 0.25) is 0 Å². The second-order valence-corrected chi connectivity index (χ2v) is 10.00. The van der Waals surface area contributed by atoms with Crippen LogP contribution in [-0.2, 0) is 0 Å². The largest absolute Gasteiger partial charge is 0.0625 e. The molecule has 0 spiro atoms. The van der Waals surface area contributed by atoms with Gasteiger partial charge in [-0.25, -0.2) is 0 Å². The van der Waals surface area contributed by atoms with Crippen molar-refractivity contribution in [2.75, 3.05) is 0 Å². The van der Waals surface area contributed by atoms with Crippen LogP contribution < -0.4 is 0 Å². The molecule has 0 aromatic carbocycles. The first-order valence-electron chi connectivity index (χ1n) is 10.0. The van der Waals surface area contributed by atoms with Crippen LogP contribution in [0.4, 0.5) is 0 Å². The zero-order chi connectivity index (χ0) is 14.7. The van der Waals surface area contributed by atoms with Crippen molar-refractivity contribution in [1.82, 2.24) is 0 Å². The van der Waals surface area contributed by atoms with Crippen molar-refractivity contribution < 1.29 is 0 Å². The van der Waals surface area contributed by atoms with Gasteiger partial charge >= 0.3 is 0 Å². The standard InChI is InChI=1S/C21H36/c1-16-7-8-17(2)14-21(13-16,20-12-9-18(20)15-20)19(3)10-5-4-6-11-19/h16-18H,4-15H2,1-3H3. The van der Waals surface area contributed by atoms with E-state index in [1.54, 1.807) is 44.9 Å². The maximum Gasteiger partial charge on any atom is -0.0179 e. The fraction of sp³-hybridized carbons (Fsp3) is 1.00. The van der Waals surface area contributed by atoms with Gasteiger partial charge in [0, 0.05) is 0 Å². The lowest BCUT2D eigenvalue weighted by Gasteiger charge is -2.60. The predicted molar refractivity (Wildman–Crippen MR) is 90.2 cm³/mol. The lowest BCUT2D eigenvalue weighted by Crippen LogP contribution is -2.52. The maximum atomic E-state index is 2.74. The van der Waals surface area contributed by atoms with Crippen LogP contribution in [-0.4, -0.2) is 0 Å². The third-order valence-corrected chi connectivity index (χ3v) is 8.78. The molecule has 0 saturated heterocycles. The number of rotatable bonds is 2. The van der Waals surface area contributed by atoms with Gasteiger partial charge in [0.05, 0.1) is 0 Å². The zero-order valence-electron chi connectivity index (χ0n) is 14.7. The molecular weight excluding hydrogens is 252 g/mol. The van der Waals surface area contributed by atoms with E-state index in [1.807, 2.05) is 0 Å². The molecule has 21 heavy (non-hydrogen) atoms. The summed E-state index contributed by atoms with van der Waals surface area (Å²) in [5.74, 6) is 3.10. The Bertz CT molecular complexity index is 386. The van der Waals surface area contributed by atoms with Crippen LogP contribution >= 0.6 is 0 Å². The minimum Gasteiger partial charge on any atom is -0.0625 e. The monoisotopic (exact) mass is 288 g/mol. The molecule has 0 heteroatoms. The Balaban J connectivity index is 1.74. The number of hydrogen-bond acceptors (Lipinski definition) is 0. The predicted octanol–water partition coefficient (Wildman–Crippen LogP) is 6.59. The van der Waals surface area contributed by atoms with Gasteiger partial charge < -0.3 is 0 Å². The summed E-state index contributed by atoms with van der Waals surface area (Å²) in [6.45, 7) is 7.89. The SMILES string of the molecule is CC1CCC(C)CC(C2(C)CCCCC2)(C23CCC2C3)C1. The Kier molecular flexibility index (Phi) is 3.30. The molecule has 4 aliphatic carbocycles. The molecule has 0 radical (unpaired) electrons. The second kappa shape index (κ2) is 4.75. The second-order valence-electron chi connectivity index (χ2n) is 10.00. The van der Waals surface area contributed by atoms with E-state index in [9.17, 15) is 0 Å². The van der Waals surface area contributed by atoms with Crippen molar-refractivity contribution in [1.29, 1.82) is 0 Å². The summed E-state index contributed by atoms with van der Waals surface area (Å²) >= 11 is 0. The first kappa shape index (κ1) is 14.6. The van der Waals surface area contributed by atoms with Crippen LogP contribution in [0.1, 0.15) is 97.8 Å². The van der Waals surface area contributed by atoms with Crippen LogP contribution in [0.2, 0.25) is 0 Å². The first-order chi connectivity index (χ1) is 10.0. The Labute approximate surface area is 132 Å². The van der Waals surface area contributed by atoms with E-state index < -0.39 is 0 Å². The minimum atomic E-state index is 0.674. The molecule has 4 unspecified atom stereocenters. The molecule has 120 valence electrons. The topological polar surface area (TPSA) is 0 Å². The molecular formula is C21H36. The molecule has 0 bridgehead atoms. The molecule has 0 nitrogen and oxygen atoms in total. The van der Waals surface area contributed by atoms with E-state index in [2.05, 4.69) is 20.8 Å². The Hall–Kier alpha value is 0. The smallest absolute Gasteiger partial charge is 0.0179 e. The van der Waals surface area contributed by atoms with Crippen LogP contribution in [0, 0.1) is 34.0 Å². The number of fused-ring (bicyclic) bond motifs is 1. The average Bonchev–Trinajstić information content (AvgIpc) is 3.03. The minimum absolute atomic E-state index is 0.674. The van der Waals surface area contributed by atoms with Crippen molar-refractivity contribution in [3.05, 3.63) is 0 Å². The Morgan fingerprint density at radius 2 is 1.33 bits per heavy atom. The van der Waals surface area contributed by atoms with Gasteiger partial charge in [-0.2, -0.15) is 0 Å². The Morgan fingerprint density at radius 3 is 1.76 bits per heavy atom. The zero-order valence-corrected chi connectivity index (χ0v) is 14.7. The fourth-order valence-electron chi connectivity index (χ4n) is 7.46.